The molecular formula is C23H30F2N6O5. The zero-order valence-electron chi connectivity index (χ0n) is 20.4. The second kappa shape index (κ2) is 10.4. The van der Waals surface area contributed by atoms with E-state index in [0.717, 1.165) is 6.92 Å². The van der Waals surface area contributed by atoms with Crippen LogP contribution in [0.2, 0.25) is 0 Å². The average Bonchev–Trinajstić information content (AvgIpc) is 3.15. The molecule has 2 fully saturated rings. The molecule has 2 aromatic heterocycles. The van der Waals surface area contributed by atoms with E-state index in [0.29, 0.717) is 43.4 Å². The van der Waals surface area contributed by atoms with E-state index in [1.807, 2.05) is 4.90 Å². The first-order chi connectivity index (χ1) is 17.0. The summed E-state index contributed by atoms with van der Waals surface area (Å²) in [7, 11) is 1.53. The average molecular weight is 509 g/mol. The van der Waals surface area contributed by atoms with Crippen LogP contribution in [-0.2, 0) is 9.53 Å². The highest BCUT2D eigenvalue weighted by Gasteiger charge is 2.36. The molecule has 2 aliphatic heterocycles. The van der Waals surface area contributed by atoms with Crippen LogP contribution in [0, 0.1) is 0 Å². The molecule has 13 heteroatoms. The van der Waals surface area contributed by atoms with Crippen molar-refractivity contribution in [3.8, 4) is 11.6 Å². The van der Waals surface area contributed by atoms with Crippen molar-refractivity contribution in [2.24, 2.45) is 0 Å². The van der Waals surface area contributed by atoms with Crippen molar-refractivity contribution < 1.29 is 32.9 Å². The Hall–Kier alpha value is -3.16. The Morgan fingerprint density at radius 1 is 1.14 bits per heavy atom. The first-order valence-electron chi connectivity index (χ1n) is 11.5. The summed E-state index contributed by atoms with van der Waals surface area (Å²) >= 11 is 0. The number of nitrogens with one attached hydrogen (secondary N) is 1. The summed E-state index contributed by atoms with van der Waals surface area (Å²) in [5, 5.41) is 13.3. The van der Waals surface area contributed by atoms with Crippen LogP contribution in [0.1, 0.15) is 20.3 Å². The Balaban J connectivity index is 1.27. The molecule has 0 radical (unpaired) electrons. The van der Waals surface area contributed by atoms with Gasteiger partial charge in [0.05, 0.1) is 30.9 Å². The zero-order chi connectivity index (χ0) is 25.9. The molecule has 2 N–H and O–H groups in total. The number of carbonyl (C=O) groups excluding carboxylic acids is 1. The quantitative estimate of drug-likeness (QED) is 0.429. The third-order valence-corrected chi connectivity index (χ3v) is 5.66. The number of hydrogen-bond donors (Lipinski definition) is 2. The molecule has 0 aromatic carbocycles. The van der Waals surface area contributed by atoms with Crippen LogP contribution in [0.25, 0.3) is 0 Å². The molecule has 0 aliphatic carbocycles. The Bertz CT molecular complexity index is 1030. The topological polar surface area (TPSA) is 122 Å². The third kappa shape index (κ3) is 6.53. The van der Waals surface area contributed by atoms with Gasteiger partial charge in [-0.25, -0.2) is 23.7 Å². The predicted octanol–water partition coefficient (Wildman–Crippen LogP) is 1.22. The Morgan fingerprint density at radius 2 is 1.86 bits per heavy atom. The van der Waals surface area contributed by atoms with Gasteiger partial charge in [-0.2, -0.15) is 0 Å². The molecule has 0 bridgehead atoms. The number of amides is 1. The van der Waals surface area contributed by atoms with Crippen LogP contribution in [0.5, 0.6) is 11.6 Å². The number of ether oxygens (including phenoxy) is 3. The number of rotatable bonds is 11. The molecule has 36 heavy (non-hydrogen) atoms. The van der Waals surface area contributed by atoms with Crippen molar-refractivity contribution in [3.05, 3.63) is 30.7 Å². The van der Waals surface area contributed by atoms with E-state index >= 15 is 0 Å². The van der Waals surface area contributed by atoms with E-state index in [4.69, 9.17) is 14.2 Å². The van der Waals surface area contributed by atoms with E-state index in [1.54, 1.807) is 24.2 Å². The standard InChI is InChI=1S/C23H30F2N6O5/c1-22(24,25)13-35-19-5-4-17(10-26-19)36-18-6-7-31(20(18)32)16-8-27-21(28-9-16)30-11-15(12-30)29-23(2,33)14-34-3/h4-5,8-10,15,18,29,33H,6-7,11-14H2,1-3H3/t18-,23?/m1/s1. The smallest absolute Gasteiger partial charge is 0.278 e. The summed E-state index contributed by atoms with van der Waals surface area (Å²) in [5.41, 5.74) is -0.542. The van der Waals surface area contributed by atoms with Crippen LogP contribution in [0.15, 0.2) is 30.7 Å². The summed E-state index contributed by atoms with van der Waals surface area (Å²) in [6.45, 7) is 3.54. The zero-order valence-corrected chi connectivity index (χ0v) is 20.4. The highest BCUT2D eigenvalue weighted by molar-refractivity contribution is 5.98. The summed E-state index contributed by atoms with van der Waals surface area (Å²) in [6.07, 6.45) is 4.28. The summed E-state index contributed by atoms with van der Waals surface area (Å²) < 4.78 is 41.5. The summed E-state index contributed by atoms with van der Waals surface area (Å²) in [6, 6.07) is 3.02. The lowest BCUT2D eigenvalue weighted by atomic mass is 10.1. The molecule has 2 saturated heterocycles. The second-order valence-electron chi connectivity index (χ2n) is 9.27. The molecule has 1 unspecified atom stereocenters. The third-order valence-electron chi connectivity index (χ3n) is 5.66. The van der Waals surface area contributed by atoms with Crippen molar-refractivity contribution in [2.45, 2.75) is 44.1 Å². The van der Waals surface area contributed by atoms with Crippen molar-refractivity contribution in [1.29, 1.82) is 0 Å². The van der Waals surface area contributed by atoms with Gasteiger partial charge in [-0.15, -0.1) is 0 Å². The van der Waals surface area contributed by atoms with Crippen molar-refractivity contribution >= 4 is 17.5 Å². The minimum Gasteiger partial charge on any atom is -0.479 e. The Kier molecular flexibility index (Phi) is 7.52. The first kappa shape index (κ1) is 25.9. The van der Waals surface area contributed by atoms with Gasteiger partial charge in [0, 0.05) is 52.2 Å². The van der Waals surface area contributed by atoms with Crippen molar-refractivity contribution in [2.75, 3.05) is 49.8 Å². The van der Waals surface area contributed by atoms with Gasteiger partial charge in [0.2, 0.25) is 11.8 Å². The minimum atomic E-state index is -2.96. The number of hydrogen-bond acceptors (Lipinski definition) is 10. The van der Waals surface area contributed by atoms with Crippen LogP contribution < -0.4 is 24.6 Å². The van der Waals surface area contributed by atoms with Crippen LogP contribution in [0.3, 0.4) is 0 Å². The fourth-order valence-electron chi connectivity index (χ4n) is 4.02. The molecule has 0 saturated carbocycles. The Morgan fingerprint density at radius 3 is 2.47 bits per heavy atom. The van der Waals surface area contributed by atoms with E-state index in [9.17, 15) is 18.7 Å². The molecule has 11 nitrogen and oxygen atoms in total. The number of anilines is 2. The van der Waals surface area contributed by atoms with Gasteiger partial charge in [0.25, 0.3) is 11.8 Å². The molecule has 2 atom stereocenters. The summed E-state index contributed by atoms with van der Waals surface area (Å²) in [4.78, 5) is 29.1. The minimum absolute atomic E-state index is 0.0464. The number of pyridine rings is 1. The fraction of sp³-hybridized carbons (Fsp3) is 0.565. The van der Waals surface area contributed by atoms with Gasteiger partial charge in [-0.3, -0.25) is 10.1 Å². The van der Waals surface area contributed by atoms with Crippen LogP contribution >= 0.6 is 0 Å². The molecule has 196 valence electrons. The van der Waals surface area contributed by atoms with Gasteiger partial charge >= 0.3 is 0 Å². The van der Waals surface area contributed by atoms with Crippen molar-refractivity contribution in [3.63, 3.8) is 0 Å². The second-order valence-corrected chi connectivity index (χ2v) is 9.27. The van der Waals surface area contributed by atoms with E-state index in [2.05, 4.69) is 20.3 Å². The van der Waals surface area contributed by atoms with Gasteiger partial charge in [-0.1, -0.05) is 0 Å². The SMILES string of the molecule is COCC(C)(O)NC1CN(c2ncc(N3CC[C@@H](Oc4ccc(OCC(C)(F)F)nc4)C3=O)cn2)C1. The number of methoxy groups -OCH3 is 1. The number of aromatic nitrogens is 3. The molecule has 4 heterocycles. The number of aliphatic hydroxyl groups is 1. The number of carbonyl (C=O) groups is 1. The molecule has 1 amide bonds. The summed E-state index contributed by atoms with van der Waals surface area (Å²) in [5.74, 6) is -2.27. The van der Waals surface area contributed by atoms with E-state index in [-0.39, 0.29) is 24.4 Å². The number of nitrogens with zero attached hydrogens (tertiary/aromatic N) is 5. The van der Waals surface area contributed by atoms with Gasteiger partial charge < -0.3 is 29.1 Å². The predicted molar refractivity (Wildman–Crippen MR) is 125 cm³/mol. The first-order valence-corrected chi connectivity index (χ1v) is 11.5. The maximum atomic E-state index is 12.9. The Labute approximate surface area is 207 Å². The highest BCUT2D eigenvalue weighted by Crippen LogP contribution is 2.26. The number of halogens is 2. The molecule has 2 aliphatic rings. The van der Waals surface area contributed by atoms with Crippen LogP contribution in [0.4, 0.5) is 20.4 Å². The molecule has 0 spiro atoms. The lowest BCUT2D eigenvalue weighted by Crippen LogP contribution is -2.64. The normalized spacial score (nSPS) is 20.3. The molecule has 4 rings (SSSR count). The highest BCUT2D eigenvalue weighted by atomic mass is 19.3. The van der Waals surface area contributed by atoms with Crippen LogP contribution in [-0.4, -0.2) is 89.7 Å². The lowest BCUT2D eigenvalue weighted by molar-refractivity contribution is -0.122. The maximum Gasteiger partial charge on any atom is 0.278 e. The van der Waals surface area contributed by atoms with Gasteiger partial charge in [-0.05, 0) is 13.0 Å². The van der Waals surface area contributed by atoms with E-state index < -0.39 is 24.4 Å². The fourth-order valence-corrected chi connectivity index (χ4v) is 4.02. The molecular weight excluding hydrogens is 478 g/mol. The van der Waals surface area contributed by atoms with Gasteiger partial charge in [0.1, 0.15) is 11.5 Å². The largest absolute Gasteiger partial charge is 0.479 e. The lowest BCUT2D eigenvalue weighted by Gasteiger charge is -2.43. The maximum absolute atomic E-state index is 12.9. The van der Waals surface area contributed by atoms with Gasteiger partial charge in [0.15, 0.2) is 12.7 Å². The van der Waals surface area contributed by atoms with Crippen molar-refractivity contribution in [1.82, 2.24) is 20.3 Å². The van der Waals surface area contributed by atoms with E-state index in [1.165, 1.54) is 25.4 Å². The monoisotopic (exact) mass is 508 g/mol. The number of alkyl halides is 2. The molecule has 2 aromatic rings.